The monoisotopic (exact) mass is 452 g/mol. The fourth-order valence-electron chi connectivity index (χ4n) is 3.06. The number of rotatable bonds is 8. The summed E-state index contributed by atoms with van der Waals surface area (Å²) in [4.78, 5) is 0. The van der Waals surface area contributed by atoms with Crippen molar-refractivity contribution in [2.24, 2.45) is 5.73 Å². The quantitative estimate of drug-likeness (QED) is 0.261. The molecule has 3 aromatic carbocycles. The van der Waals surface area contributed by atoms with Crippen LogP contribution in [0.5, 0.6) is 0 Å². The van der Waals surface area contributed by atoms with Gasteiger partial charge in [-0.25, -0.2) is 0 Å². The highest BCUT2D eigenvalue weighted by Gasteiger charge is 1.97. The van der Waals surface area contributed by atoms with Crippen LogP contribution in [0, 0.1) is 12.3 Å². The van der Waals surface area contributed by atoms with E-state index in [0.29, 0.717) is 5.71 Å². The third kappa shape index (κ3) is 11.3. The van der Waals surface area contributed by atoms with Gasteiger partial charge in [-0.05, 0) is 48.6 Å². The van der Waals surface area contributed by atoms with Crippen molar-refractivity contribution in [1.82, 2.24) is 0 Å². The van der Waals surface area contributed by atoms with Crippen LogP contribution < -0.4 is 5.73 Å². The van der Waals surface area contributed by atoms with Gasteiger partial charge < -0.3 is 11.1 Å². The lowest BCUT2D eigenvalue weighted by molar-refractivity contribution is 0.959. The first-order chi connectivity index (χ1) is 16.6. The number of unbranched alkanes of at least 4 members (excludes halogenated alkanes) is 1. The minimum Gasteiger partial charge on any atom is -0.398 e. The Balaban J connectivity index is 0.000000320. The van der Waals surface area contributed by atoms with Crippen LogP contribution in [0.15, 0.2) is 115 Å². The van der Waals surface area contributed by atoms with Gasteiger partial charge in [0.2, 0.25) is 0 Å². The zero-order valence-corrected chi connectivity index (χ0v) is 21.2. The molecule has 0 aliphatic carbocycles. The van der Waals surface area contributed by atoms with Crippen LogP contribution in [0.4, 0.5) is 0 Å². The first kappa shape index (κ1) is 28.4. The van der Waals surface area contributed by atoms with Gasteiger partial charge in [-0.15, -0.1) is 0 Å². The lowest BCUT2D eigenvalue weighted by Crippen LogP contribution is -1.97. The fourth-order valence-corrected chi connectivity index (χ4v) is 3.06. The van der Waals surface area contributed by atoms with E-state index < -0.39 is 0 Å². The molecule has 3 N–H and O–H groups in total. The maximum Gasteiger partial charge on any atom is 0.0609 e. The van der Waals surface area contributed by atoms with E-state index in [9.17, 15) is 0 Å². The Morgan fingerprint density at radius 3 is 2.03 bits per heavy atom. The second-order valence-corrected chi connectivity index (χ2v) is 7.53. The van der Waals surface area contributed by atoms with Gasteiger partial charge >= 0.3 is 0 Å². The highest BCUT2D eigenvalue weighted by molar-refractivity contribution is 6.06. The van der Waals surface area contributed by atoms with E-state index in [1.165, 1.54) is 17.5 Å². The lowest BCUT2D eigenvalue weighted by atomic mass is 10.1. The van der Waals surface area contributed by atoms with Crippen molar-refractivity contribution in [1.29, 1.82) is 5.41 Å². The summed E-state index contributed by atoms with van der Waals surface area (Å²) in [5.41, 5.74) is 11.9. The third-order valence-corrected chi connectivity index (χ3v) is 4.89. The minimum atomic E-state index is 0.557. The van der Waals surface area contributed by atoms with Crippen molar-refractivity contribution < 1.29 is 0 Å². The van der Waals surface area contributed by atoms with Gasteiger partial charge in [0, 0.05) is 11.3 Å². The van der Waals surface area contributed by atoms with Crippen LogP contribution in [0.25, 0.3) is 5.70 Å². The zero-order valence-electron chi connectivity index (χ0n) is 21.2. The highest BCUT2D eigenvalue weighted by atomic mass is 14.6. The second kappa shape index (κ2) is 17.9. The van der Waals surface area contributed by atoms with E-state index in [-0.39, 0.29) is 0 Å². The molecule has 2 heteroatoms. The number of aryl methyl sites for hydroxylation is 1. The molecule has 0 bridgehead atoms. The summed E-state index contributed by atoms with van der Waals surface area (Å²) >= 11 is 0. The van der Waals surface area contributed by atoms with Crippen molar-refractivity contribution in [2.75, 3.05) is 0 Å². The number of allylic oxidation sites excluding steroid dienone is 5. The molecule has 0 spiro atoms. The number of nitrogens with two attached hydrogens (primary N) is 1. The molecule has 178 valence electrons. The molecule has 34 heavy (non-hydrogen) atoms. The molecule has 0 aromatic heterocycles. The van der Waals surface area contributed by atoms with Gasteiger partial charge in [0.1, 0.15) is 0 Å². The van der Waals surface area contributed by atoms with E-state index in [0.717, 1.165) is 29.7 Å². The summed E-state index contributed by atoms with van der Waals surface area (Å²) in [5.74, 6) is 0. The summed E-state index contributed by atoms with van der Waals surface area (Å²) in [5, 5.41) is 7.91. The number of hydrogen-bond acceptors (Lipinski definition) is 2. The van der Waals surface area contributed by atoms with Gasteiger partial charge in [-0.1, -0.05) is 130 Å². The average molecular weight is 453 g/mol. The lowest BCUT2D eigenvalue weighted by Gasteiger charge is -2.04. The van der Waals surface area contributed by atoms with Crippen LogP contribution in [-0.4, -0.2) is 5.71 Å². The van der Waals surface area contributed by atoms with Crippen LogP contribution in [0.3, 0.4) is 0 Å². The Labute approximate surface area is 207 Å². The van der Waals surface area contributed by atoms with E-state index in [2.05, 4.69) is 44.2 Å². The predicted molar refractivity (Wildman–Crippen MR) is 151 cm³/mol. The summed E-state index contributed by atoms with van der Waals surface area (Å²) in [6.07, 6.45) is 13.2. The Morgan fingerprint density at radius 1 is 0.824 bits per heavy atom. The SMILES string of the molecule is CC.CCC/C=C\C=C(/N)c1ccccc1C.N=C(/C=C\Cc1ccccc1)c1ccccc1. The van der Waals surface area contributed by atoms with Crippen LogP contribution in [-0.2, 0) is 6.42 Å². The average Bonchev–Trinajstić information content (AvgIpc) is 2.89. The van der Waals surface area contributed by atoms with Crippen molar-refractivity contribution in [3.63, 3.8) is 0 Å². The fraction of sp³-hybridized carbons (Fsp3) is 0.219. The van der Waals surface area contributed by atoms with Gasteiger partial charge in [0.25, 0.3) is 0 Å². The van der Waals surface area contributed by atoms with Crippen molar-refractivity contribution in [2.45, 2.75) is 47.0 Å². The Morgan fingerprint density at radius 2 is 1.41 bits per heavy atom. The molecular formula is C32H40N2. The van der Waals surface area contributed by atoms with E-state index in [1.54, 1.807) is 0 Å². The highest BCUT2D eigenvalue weighted by Crippen LogP contribution is 2.13. The Kier molecular flexibility index (Phi) is 14.9. The maximum atomic E-state index is 7.91. The second-order valence-electron chi connectivity index (χ2n) is 7.53. The summed E-state index contributed by atoms with van der Waals surface area (Å²) in [6, 6.07) is 28.2. The first-order valence-electron chi connectivity index (χ1n) is 12.1. The van der Waals surface area contributed by atoms with Crippen LogP contribution in [0.2, 0.25) is 0 Å². The molecule has 0 heterocycles. The topological polar surface area (TPSA) is 49.9 Å². The molecule has 2 nitrogen and oxygen atoms in total. The molecule has 0 amide bonds. The van der Waals surface area contributed by atoms with E-state index >= 15 is 0 Å². The standard InChI is InChI=1S/C16H15N.C14H19N.C2H6/c17-16(15-11-5-2-6-12-15)13-7-10-14-8-3-1-4-9-14;1-3-4-5-6-11-14(15)13-10-8-7-9-12(13)2;1-2/h1-9,11-13,17H,10H2;5-11H,3-4,15H2,1-2H3;1-2H3/b13-7-,17-16?;6-5-,14-11-;. The smallest absolute Gasteiger partial charge is 0.0609 e. The van der Waals surface area contributed by atoms with Crippen molar-refractivity contribution in [3.8, 4) is 0 Å². The molecule has 0 radical (unpaired) electrons. The summed E-state index contributed by atoms with van der Waals surface area (Å²) in [7, 11) is 0. The molecule has 0 aliphatic heterocycles. The Hall–Kier alpha value is -3.65. The summed E-state index contributed by atoms with van der Waals surface area (Å²) in [6.45, 7) is 8.24. The van der Waals surface area contributed by atoms with E-state index in [1.807, 2.05) is 98.8 Å². The van der Waals surface area contributed by atoms with Gasteiger partial charge in [0.15, 0.2) is 0 Å². The van der Waals surface area contributed by atoms with Crippen LogP contribution in [0.1, 0.15) is 55.9 Å². The molecule has 0 saturated heterocycles. The minimum absolute atomic E-state index is 0.557. The van der Waals surface area contributed by atoms with Gasteiger partial charge in [-0.2, -0.15) is 0 Å². The number of nitrogens with one attached hydrogen (secondary N) is 1. The molecule has 0 unspecified atom stereocenters. The van der Waals surface area contributed by atoms with Crippen molar-refractivity contribution >= 4 is 11.4 Å². The molecule has 3 aromatic rings. The maximum absolute atomic E-state index is 7.91. The zero-order chi connectivity index (χ0) is 25.0. The Bertz CT molecular complexity index is 1030. The number of benzene rings is 3. The molecule has 3 rings (SSSR count). The van der Waals surface area contributed by atoms with Gasteiger partial charge in [0.05, 0.1) is 5.71 Å². The van der Waals surface area contributed by atoms with Crippen molar-refractivity contribution in [3.05, 3.63) is 138 Å². The molecule has 0 saturated carbocycles. The molecule has 0 aliphatic rings. The largest absolute Gasteiger partial charge is 0.398 e. The molecule has 0 atom stereocenters. The normalized spacial score (nSPS) is 10.9. The molecular weight excluding hydrogens is 412 g/mol. The van der Waals surface area contributed by atoms with E-state index in [4.69, 9.17) is 11.1 Å². The first-order valence-corrected chi connectivity index (χ1v) is 12.1. The summed E-state index contributed by atoms with van der Waals surface area (Å²) < 4.78 is 0. The van der Waals surface area contributed by atoms with Crippen LogP contribution >= 0.6 is 0 Å². The van der Waals surface area contributed by atoms with Gasteiger partial charge in [-0.3, -0.25) is 0 Å². The predicted octanol–water partition coefficient (Wildman–Crippen LogP) is 8.53. The number of hydrogen-bond donors (Lipinski definition) is 2. The third-order valence-electron chi connectivity index (χ3n) is 4.89. The molecule has 0 fully saturated rings.